The Labute approximate surface area is 125 Å². The zero-order valence-corrected chi connectivity index (χ0v) is 12.2. The highest BCUT2D eigenvalue weighted by atomic mass is 16.3. The van der Waals surface area contributed by atoms with Crippen molar-refractivity contribution in [3.8, 4) is 0 Å². The van der Waals surface area contributed by atoms with Crippen molar-refractivity contribution in [2.45, 2.75) is 12.6 Å². The highest BCUT2D eigenvalue weighted by molar-refractivity contribution is 5.83. The Hall–Kier alpha value is -2.10. The van der Waals surface area contributed by atoms with Gasteiger partial charge >= 0.3 is 0 Å². The number of nitrogens with zero attached hydrogens (tertiary/aromatic N) is 1. The molecule has 0 saturated heterocycles. The molecule has 3 heteroatoms. The van der Waals surface area contributed by atoms with Gasteiger partial charge in [-0.25, -0.2) is 0 Å². The van der Waals surface area contributed by atoms with E-state index in [2.05, 4.69) is 54.4 Å². The maximum absolute atomic E-state index is 6.01. The summed E-state index contributed by atoms with van der Waals surface area (Å²) in [7, 11) is 2.08. The van der Waals surface area contributed by atoms with E-state index >= 15 is 0 Å². The monoisotopic (exact) mass is 280 g/mol. The molecule has 0 amide bonds. The molecule has 3 nitrogen and oxygen atoms in total. The fraction of sp³-hybridized carbons (Fsp3) is 0.222. The topological polar surface area (TPSA) is 42.4 Å². The van der Waals surface area contributed by atoms with Crippen LogP contribution in [0.5, 0.6) is 0 Å². The maximum atomic E-state index is 6.01. The molecule has 0 radical (unpaired) electrons. The summed E-state index contributed by atoms with van der Waals surface area (Å²) in [5.41, 5.74) is 7.25. The van der Waals surface area contributed by atoms with Crippen LogP contribution in [-0.2, 0) is 6.54 Å². The van der Waals surface area contributed by atoms with Crippen LogP contribution in [0.15, 0.2) is 65.3 Å². The van der Waals surface area contributed by atoms with Crippen LogP contribution in [0.3, 0.4) is 0 Å². The van der Waals surface area contributed by atoms with Crippen molar-refractivity contribution in [1.82, 2.24) is 4.90 Å². The lowest BCUT2D eigenvalue weighted by atomic mass is 10.0. The number of benzene rings is 2. The number of rotatable bonds is 5. The lowest BCUT2D eigenvalue weighted by molar-refractivity contribution is 0.223. The summed E-state index contributed by atoms with van der Waals surface area (Å²) in [6, 6.07) is 19.0. The molecule has 2 N–H and O–H groups in total. The average molecular weight is 280 g/mol. The second-order valence-corrected chi connectivity index (χ2v) is 5.35. The van der Waals surface area contributed by atoms with E-state index in [0.29, 0.717) is 6.54 Å². The average Bonchev–Trinajstić information content (AvgIpc) is 3.01. The van der Waals surface area contributed by atoms with Gasteiger partial charge in [-0.05, 0) is 41.6 Å². The van der Waals surface area contributed by atoms with Crippen LogP contribution < -0.4 is 5.73 Å². The summed E-state index contributed by atoms with van der Waals surface area (Å²) in [5, 5.41) is 2.51. The minimum atomic E-state index is 0.180. The van der Waals surface area contributed by atoms with E-state index < -0.39 is 0 Å². The Kier molecular flexibility index (Phi) is 4.04. The van der Waals surface area contributed by atoms with E-state index in [1.54, 1.807) is 6.26 Å². The molecule has 1 atom stereocenters. The molecule has 21 heavy (non-hydrogen) atoms. The first-order chi connectivity index (χ1) is 10.3. The van der Waals surface area contributed by atoms with Crippen molar-refractivity contribution >= 4 is 10.8 Å². The number of hydrogen-bond donors (Lipinski definition) is 1. The zero-order chi connectivity index (χ0) is 14.7. The molecular weight excluding hydrogens is 260 g/mol. The first kappa shape index (κ1) is 13.9. The predicted molar refractivity (Wildman–Crippen MR) is 85.9 cm³/mol. The van der Waals surface area contributed by atoms with Gasteiger partial charge < -0.3 is 10.2 Å². The van der Waals surface area contributed by atoms with Crippen LogP contribution in [0.25, 0.3) is 10.8 Å². The third kappa shape index (κ3) is 2.99. The van der Waals surface area contributed by atoms with E-state index in [9.17, 15) is 0 Å². The number of likely N-dealkylation sites (N-methyl/N-ethyl adjacent to an activating group) is 1. The number of hydrogen-bond acceptors (Lipinski definition) is 3. The molecule has 0 aliphatic carbocycles. The number of furan rings is 1. The molecule has 0 spiro atoms. The molecule has 1 aromatic heterocycles. The number of fused-ring (bicyclic) bond motifs is 1. The van der Waals surface area contributed by atoms with Crippen LogP contribution in [0.4, 0.5) is 0 Å². The fourth-order valence-corrected chi connectivity index (χ4v) is 2.74. The third-order valence-electron chi connectivity index (χ3n) is 3.90. The van der Waals surface area contributed by atoms with Crippen molar-refractivity contribution in [1.29, 1.82) is 0 Å². The van der Waals surface area contributed by atoms with Gasteiger partial charge in [0.25, 0.3) is 0 Å². The summed E-state index contributed by atoms with van der Waals surface area (Å²) >= 11 is 0. The van der Waals surface area contributed by atoms with Crippen molar-refractivity contribution in [2.24, 2.45) is 5.73 Å². The van der Waals surface area contributed by atoms with Crippen molar-refractivity contribution < 1.29 is 4.42 Å². The van der Waals surface area contributed by atoms with E-state index in [0.717, 1.165) is 12.3 Å². The van der Waals surface area contributed by atoms with E-state index in [4.69, 9.17) is 10.2 Å². The van der Waals surface area contributed by atoms with Crippen LogP contribution in [-0.4, -0.2) is 18.5 Å². The second kappa shape index (κ2) is 6.12. The van der Waals surface area contributed by atoms with Gasteiger partial charge in [0.1, 0.15) is 5.76 Å². The van der Waals surface area contributed by atoms with Crippen molar-refractivity contribution in [3.63, 3.8) is 0 Å². The van der Waals surface area contributed by atoms with E-state index in [1.165, 1.54) is 16.3 Å². The Morgan fingerprint density at radius 1 is 1.05 bits per heavy atom. The van der Waals surface area contributed by atoms with Gasteiger partial charge in [-0.2, -0.15) is 0 Å². The van der Waals surface area contributed by atoms with Crippen molar-refractivity contribution in [3.05, 3.63) is 72.2 Å². The van der Waals surface area contributed by atoms with Gasteiger partial charge in [-0.15, -0.1) is 0 Å². The molecule has 3 rings (SSSR count). The normalized spacial score (nSPS) is 12.9. The minimum absolute atomic E-state index is 0.180. The van der Waals surface area contributed by atoms with Gasteiger partial charge in [0.2, 0.25) is 0 Å². The number of nitrogens with two attached hydrogens (primary N) is 1. The van der Waals surface area contributed by atoms with Crippen LogP contribution in [0, 0.1) is 0 Å². The molecule has 3 aromatic rings. The Morgan fingerprint density at radius 3 is 2.57 bits per heavy atom. The van der Waals surface area contributed by atoms with Crippen LogP contribution >= 0.6 is 0 Å². The molecule has 1 heterocycles. The summed E-state index contributed by atoms with van der Waals surface area (Å²) in [6.07, 6.45) is 1.71. The van der Waals surface area contributed by atoms with Gasteiger partial charge in [-0.1, -0.05) is 36.4 Å². The largest absolute Gasteiger partial charge is 0.468 e. The van der Waals surface area contributed by atoms with Gasteiger partial charge in [0.15, 0.2) is 0 Å². The fourth-order valence-electron chi connectivity index (χ4n) is 2.74. The summed E-state index contributed by atoms with van der Waals surface area (Å²) in [6.45, 7) is 1.33. The quantitative estimate of drug-likeness (QED) is 0.777. The van der Waals surface area contributed by atoms with Gasteiger partial charge in [0, 0.05) is 12.6 Å². The van der Waals surface area contributed by atoms with E-state index in [-0.39, 0.29) is 6.04 Å². The van der Waals surface area contributed by atoms with Crippen LogP contribution in [0.2, 0.25) is 0 Å². The predicted octanol–water partition coefficient (Wildman–Crippen LogP) is 3.56. The molecule has 1 unspecified atom stereocenters. The summed E-state index contributed by atoms with van der Waals surface area (Å²) in [4.78, 5) is 2.23. The molecule has 0 aliphatic heterocycles. The SMILES string of the molecule is CN(Cc1ccco1)C(CN)c1ccc2ccccc2c1. The summed E-state index contributed by atoms with van der Waals surface area (Å²) in [5.74, 6) is 0.955. The molecule has 0 aliphatic rings. The molecule has 0 fully saturated rings. The highest BCUT2D eigenvalue weighted by Gasteiger charge is 2.16. The maximum Gasteiger partial charge on any atom is 0.117 e. The zero-order valence-electron chi connectivity index (χ0n) is 12.2. The minimum Gasteiger partial charge on any atom is -0.468 e. The first-order valence-electron chi connectivity index (χ1n) is 7.19. The third-order valence-corrected chi connectivity index (χ3v) is 3.90. The lowest BCUT2D eigenvalue weighted by Crippen LogP contribution is -2.30. The Bertz CT molecular complexity index is 706. The highest BCUT2D eigenvalue weighted by Crippen LogP contribution is 2.24. The van der Waals surface area contributed by atoms with Gasteiger partial charge in [-0.3, -0.25) is 4.90 Å². The Balaban J connectivity index is 1.86. The molecule has 2 aromatic carbocycles. The van der Waals surface area contributed by atoms with Crippen LogP contribution in [0.1, 0.15) is 17.4 Å². The molecule has 108 valence electrons. The second-order valence-electron chi connectivity index (χ2n) is 5.35. The van der Waals surface area contributed by atoms with Gasteiger partial charge in [0.05, 0.1) is 12.8 Å². The lowest BCUT2D eigenvalue weighted by Gasteiger charge is -2.26. The van der Waals surface area contributed by atoms with Crippen molar-refractivity contribution in [2.75, 3.05) is 13.6 Å². The van der Waals surface area contributed by atoms with E-state index in [1.807, 2.05) is 12.1 Å². The molecular formula is C18H20N2O. The first-order valence-corrected chi connectivity index (χ1v) is 7.19. The smallest absolute Gasteiger partial charge is 0.117 e. The summed E-state index contributed by atoms with van der Waals surface area (Å²) < 4.78 is 5.42. The Morgan fingerprint density at radius 2 is 1.86 bits per heavy atom. The molecule has 0 bridgehead atoms. The standard InChI is InChI=1S/C18H20N2O/c1-20(13-17-7-4-10-21-17)18(12-19)16-9-8-14-5-2-3-6-15(14)11-16/h2-11,18H,12-13,19H2,1H3. The molecule has 0 saturated carbocycles.